The van der Waals surface area contributed by atoms with E-state index in [9.17, 15) is 5.11 Å². The second-order valence-electron chi connectivity index (χ2n) is 6.08. The SMILES string of the molecule is COc1ccc(/C=C(\Cc2ccccc2)Cc2ccc(O)cc2)cc1. The van der Waals surface area contributed by atoms with E-state index in [-0.39, 0.29) is 0 Å². The number of allylic oxidation sites excluding steroid dienone is 1. The van der Waals surface area contributed by atoms with Crippen LogP contribution < -0.4 is 4.74 Å². The zero-order valence-corrected chi connectivity index (χ0v) is 14.4. The van der Waals surface area contributed by atoms with E-state index in [2.05, 4.69) is 42.5 Å². The van der Waals surface area contributed by atoms with Gasteiger partial charge in [0.25, 0.3) is 0 Å². The number of benzene rings is 3. The fraction of sp³-hybridized carbons (Fsp3) is 0.130. The lowest BCUT2D eigenvalue weighted by atomic mass is 9.96. The Morgan fingerprint density at radius 1 is 0.800 bits per heavy atom. The van der Waals surface area contributed by atoms with Gasteiger partial charge in [-0.3, -0.25) is 0 Å². The molecule has 0 aliphatic heterocycles. The standard InChI is InChI=1S/C23H22O2/c1-25-23-13-9-20(10-14-23)17-21(15-18-5-3-2-4-6-18)16-19-7-11-22(24)12-8-19/h2-14,17,24H,15-16H2,1H3/b21-17+. The van der Waals surface area contributed by atoms with Gasteiger partial charge in [0.05, 0.1) is 7.11 Å². The summed E-state index contributed by atoms with van der Waals surface area (Å²) in [5, 5.41) is 9.48. The Morgan fingerprint density at radius 2 is 1.40 bits per heavy atom. The molecule has 0 spiro atoms. The number of methoxy groups -OCH3 is 1. The topological polar surface area (TPSA) is 29.5 Å². The van der Waals surface area contributed by atoms with Crippen molar-refractivity contribution >= 4 is 6.08 Å². The van der Waals surface area contributed by atoms with E-state index in [0.29, 0.717) is 5.75 Å². The van der Waals surface area contributed by atoms with Crippen LogP contribution in [0.25, 0.3) is 6.08 Å². The van der Waals surface area contributed by atoms with Crippen LogP contribution in [-0.2, 0) is 12.8 Å². The average Bonchev–Trinajstić information content (AvgIpc) is 2.65. The monoisotopic (exact) mass is 330 g/mol. The Labute approximate surface area is 149 Å². The van der Waals surface area contributed by atoms with Gasteiger partial charge < -0.3 is 9.84 Å². The van der Waals surface area contributed by atoms with Gasteiger partial charge in [-0.25, -0.2) is 0 Å². The largest absolute Gasteiger partial charge is 0.508 e. The minimum atomic E-state index is 0.299. The van der Waals surface area contributed by atoms with Crippen molar-refractivity contribution in [3.05, 3.63) is 101 Å². The molecule has 3 rings (SSSR count). The van der Waals surface area contributed by atoms with E-state index in [1.54, 1.807) is 19.2 Å². The summed E-state index contributed by atoms with van der Waals surface area (Å²) in [4.78, 5) is 0. The molecule has 0 unspecified atom stereocenters. The molecule has 1 N–H and O–H groups in total. The number of ether oxygens (including phenoxy) is 1. The average molecular weight is 330 g/mol. The van der Waals surface area contributed by atoms with Crippen molar-refractivity contribution in [3.8, 4) is 11.5 Å². The van der Waals surface area contributed by atoms with Crippen LogP contribution in [0.5, 0.6) is 11.5 Å². The summed E-state index contributed by atoms with van der Waals surface area (Å²) in [6, 6.07) is 26.0. The summed E-state index contributed by atoms with van der Waals surface area (Å²) < 4.78 is 5.23. The minimum Gasteiger partial charge on any atom is -0.508 e. The van der Waals surface area contributed by atoms with Crippen LogP contribution in [0.2, 0.25) is 0 Å². The van der Waals surface area contributed by atoms with Crippen LogP contribution in [-0.4, -0.2) is 12.2 Å². The molecule has 0 aliphatic carbocycles. The summed E-state index contributed by atoms with van der Waals surface area (Å²) >= 11 is 0. The number of hydrogen-bond donors (Lipinski definition) is 1. The molecule has 25 heavy (non-hydrogen) atoms. The highest BCUT2D eigenvalue weighted by Crippen LogP contribution is 2.20. The number of hydrogen-bond acceptors (Lipinski definition) is 2. The van der Waals surface area contributed by atoms with Gasteiger partial charge in [-0.05, 0) is 53.8 Å². The van der Waals surface area contributed by atoms with E-state index >= 15 is 0 Å². The summed E-state index contributed by atoms with van der Waals surface area (Å²) in [5.41, 5.74) is 4.96. The molecule has 126 valence electrons. The van der Waals surface area contributed by atoms with E-state index in [1.165, 1.54) is 16.7 Å². The maximum atomic E-state index is 9.48. The normalized spacial score (nSPS) is 11.3. The molecular formula is C23H22O2. The van der Waals surface area contributed by atoms with E-state index in [1.807, 2.05) is 30.3 Å². The highest BCUT2D eigenvalue weighted by molar-refractivity contribution is 5.56. The van der Waals surface area contributed by atoms with Gasteiger partial charge >= 0.3 is 0 Å². The fourth-order valence-electron chi connectivity index (χ4n) is 2.83. The molecule has 0 atom stereocenters. The van der Waals surface area contributed by atoms with Crippen molar-refractivity contribution in [2.24, 2.45) is 0 Å². The van der Waals surface area contributed by atoms with Crippen molar-refractivity contribution in [2.75, 3.05) is 7.11 Å². The first-order valence-electron chi connectivity index (χ1n) is 8.38. The van der Waals surface area contributed by atoms with E-state index in [0.717, 1.165) is 24.2 Å². The molecule has 2 nitrogen and oxygen atoms in total. The summed E-state index contributed by atoms with van der Waals surface area (Å²) in [5.74, 6) is 1.16. The third kappa shape index (κ3) is 4.98. The van der Waals surface area contributed by atoms with Crippen LogP contribution >= 0.6 is 0 Å². The second kappa shape index (κ2) is 8.20. The second-order valence-corrected chi connectivity index (χ2v) is 6.08. The first-order chi connectivity index (χ1) is 12.2. The molecule has 3 aromatic carbocycles. The molecule has 2 heteroatoms. The van der Waals surface area contributed by atoms with Crippen molar-refractivity contribution in [2.45, 2.75) is 12.8 Å². The minimum absolute atomic E-state index is 0.299. The van der Waals surface area contributed by atoms with Crippen LogP contribution in [0.15, 0.2) is 84.4 Å². The smallest absolute Gasteiger partial charge is 0.118 e. The van der Waals surface area contributed by atoms with Gasteiger partial charge in [-0.15, -0.1) is 0 Å². The van der Waals surface area contributed by atoms with E-state index < -0.39 is 0 Å². The lowest BCUT2D eigenvalue weighted by Crippen LogP contribution is -1.96. The third-order valence-corrected chi connectivity index (χ3v) is 4.13. The maximum Gasteiger partial charge on any atom is 0.118 e. The summed E-state index contributed by atoms with van der Waals surface area (Å²) in [6.45, 7) is 0. The van der Waals surface area contributed by atoms with Crippen LogP contribution in [0.4, 0.5) is 0 Å². The Bertz CT molecular complexity index is 816. The van der Waals surface area contributed by atoms with Crippen LogP contribution in [0.1, 0.15) is 16.7 Å². The molecular weight excluding hydrogens is 308 g/mol. The lowest BCUT2D eigenvalue weighted by molar-refractivity contribution is 0.415. The third-order valence-electron chi connectivity index (χ3n) is 4.13. The van der Waals surface area contributed by atoms with Crippen molar-refractivity contribution in [1.82, 2.24) is 0 Å². The van der Waals surface area contributed by atoms with Gasteiger partial charge in [0.15, 0.2) is 0 Å². The Morgan fingerprint density at radius 3 is 2.00 bits per heavy atom. The zero-order chi connectivity index (χ0) is 17.5. The van der Waals surface area contributed by atoms with Crippen molar-refractivity contribution in [1.29, 1.82) is 0 Å². The van der Waals surface area contributed by atoms with Gasteiger partial charge in [0, 0.05) is 0 Å². The molecule has 0 amide bonds. The number of phenolic OH excluding ortho intramolecular Hbond substituents is 1. The molecule has 0 bridgehead atoms. The highest BCUT2D eigenvalue weighted by Gasteiger charge is 2.04. The number of aromatic hydroxyl groups is 1. The quantitative estimate of drug-likeness (QED) is 0.667. The van der Waals surface area contributed by atoms with Crippen LogP contribution in [0.3, 0.4) is 0 Å². The first-order valence-corrected chi connectivity index (χ1v) is 8.38. The molecule has 0 saturated heterocycles. The van der Waals surface area contributed by atoms with Gasteiger partial charge in [-0.1, -0.05) is 66.2 Å². The molecule has 0 aromatic heterocycles. The number of rotatable bonds is 6. The summed E-state index contributed by atoms with van der Waals surface area (Å²) in [6.07, 6.45) is 3.98. The van der Waals surface area contributed by atoms with Gasteiger partial charge in [0.1, 0.15) is 11.5 Å². The predicted octanol–water partition coefficient (Wildman–Crippen LogP) is 5.27. The fourth-order valence-corrected chi connectivity index (χ4v) is 2.83. The van der Waals surface area contributed by atoms with Crippen molar-refractivity contribution in [3.63, 3.8) is 0 Å². The first kappa shape index (κ1) is 16.8. The molecule has 3 aromatic rings. The maximum absolute atomic E-state index is 9.48. The Hall–Kier alpha value is -3.00. The lowest BCUT2D eigenvalue weighted by Gasteiger charge is -2.10. The molecule has 0 radical (unpaired) electrons. The summed E-state index contributed by atoms with van der Waals surface area (Å²) in [7, 11) is 1.68. The number of phenols is 1. The van der Waals surface area contributed by atoms with Gasteiger partial charge in [-0.2, -0.15) is 0 Å². The predicted molar refractivity (Wildman–Crippen MR) is 103 cm³/mol. The Kier molecular flexibility index (Phi) is 5.53. The Balaban J connectivity index is 1.86. The van der Waals surface area contributed by atoms with Crippen LogP contribution in [0, 0.1) is 0 Å². The van der Waals surface area contributed by atoms with Gasteiger partial charge in [0.2, 0.25) is 0 Å². The van der Waals surface area contributed by atoms with Crippen molar-refractivity contribution < 1.29 is 9.84 Å². The molecule has 0 heterocycles. The van der Waals surface area contributed by atoms with E-state index in [4.69, 9.17) is 4.74 Å². The molecule has 0 saturated carbocycles. The zero-order valence-electron chi connectivity index (χ0n) is 14.4. The molecule has 0 aliphatic rings. The highest BCUT2D eigenvalue weighted by atomic mass is 16.5. The molecule has 0 fully saturated rings.